The van der Waals surface area contributed by atoms with Crippen LogP contribution in [0.4, 0.5) is 0 Å². The van der Waals surface area contributed by atoms with Crippen LogP contribution in [0.25, 0.3) is 0 Å². The van der Waals surface area contributed by atoms with Crippen molar-refractivity contribution in [3.8, 4) is 0 Å². The monoisotopic (exact) mass is 235 g/mol. The van der Waals surface area contributed by atoms with Crippen LogP contribution in [0.15, 0.2) is 24.4 Å². The summed E-state index contributed by atoms with van der Waals surface area (Å²) < 4.78 is 5.49. The molecule has 1 aliphatic rings. The second kappa shape index (κ2) is 5.58. The Kier molecular flexibility index (Phi) is 4.10. The van der Waals surface area contributed by atoms with Gasteiger partial charge >= 0.3 is 0 Å². The van der Waals surface area contributed by atoms with Crippen molar-refractivity contribution in [3.63, 3.8) is 0 Å². The zero-order chi connectivity index (χ0) is 12.1. The fourth-order valence-electron chi connectivity index (χ4n) is 2.28. The molecule has 4 heteroatoms. The van der Waals surface area contributed by atoms with Gasteiger partial charge in [0.05, 0.1) is 12.1 Å². The molecule has 2 N–H and O–H groups in total. The van der Waals surface area contributed by atoms with Crippen LogP contribution in [0.3, 0.4) is 0 Å². The third-order valence-corrected chi connectivity index (χ3v) is 3.70. The maximum atomic E-state index is 5.90. The summed E-state index contributed by atoms with van der Waals surface area (Å²) in [4.78, 5) is 6.66. The van der Waals surface area contributed by atoms with Crippen molar-refractivity contribution in [3.05, 3.63) is 30.1 Å². The van der Waals surface area contributed by atoms with Gasteiger partial charge in [-0.2, -0.15) is 0 Å². The number of rotatable bonds is 5. The van der Waals surface area contributed by atoms with Crippen LogP contribution in [-0.4, -0.2) is 48.8 Å². The molecule has 0 saturated carbocycles. The topological polar surface area (TPSA) is 51.4 Å². The molecule has 0 aliphatic carbocycles. The van der Waals surface area contributed by atoms with Gasteiger partial charge in [-0.05, 0) is 25.6 Å². The van der Waals surface area contributed by atoms with Crippen LogP contribution < -0.4 is 5.73 Å². The predicted molar refractivity (Wildman–Crippen MR) is 67.8 cm³/mol. The molecular weight excluding hydrogens is 214 g/mol. The lowest BCUT2D eigenvalue weighted by Crippen LogP contribution is -2.53. The molecule has 2 heterocycles. The number of nitrogens with zero attached hydrogens (tertiary/aromatic N) is 2. The molecule has 1 fully saturated rings. The first-order valence-electron chi connectivity index (χ1n) is 6.16. The molecule has 0 spiro atoms. The lowest BCUT2D eigenvalue weighted by molar-refractivity contribution is 0.0944. The summed E-state index contributed by atoms with van der Waals surface area (Å²) in [5, 5.41) is 0. The Morgan fingerprint density at radius 3 is 3.00 bits per heavy atom. The molecule has 0 aromatic carbocycles. The number of hydrogen-bond acceptors (Lipinski definition) is 4. The summed E-state index contributed by atoms with van der Waals surface area (Å²) in [6.45, 7) is 3.20. The lowest BCUT2D eigenvalue weighted by Gasteiger charge is -2.36. The molecule has 1 aromatic heterocycles. The van der Waals surface area contributed by atoms with Gasteiger partial charge in [-0.25, -0.2) is 0 Å². The van der Waals surface area contributed by atoms with Crippen LogP contribution in [0.1, 0.15) is 12.1 Å². The number of aromatic nitrogens is 1. The van der Waals surface area contributed by atoms with E-state index in [1.807, 2.05) is 18.3 Å². The van der Waals surface area contributed by atoms with Gasteiger partial charge in [0, 0.05) is 38.0 Å². The summed E-state index contributed by atoms with van der Waals surface area (Å²) in [5.74, 6) is 0. The molecule has 0 amide bonds. The quantitative estimate of drug-likeness (QED) is 0.815. The first kappa shape index (κ1) is 12.5. The zero-order valence-corrected chi connectivity index (χ0v) is 10.4. The smallest absolute Gasteiger partial charge is 0.0663 e. The summed E-state index contributed by atoms with van der Waals surface area (Å²) in [6, 6.07) is 6.03. The van der Waals surface area contributed by atoms with Crippen molar-refractivity contribution >= 4 is 0 Å². The SMILES string of the molecule is CN(CCc1ccccn1)C1(CN)CCOC1. The first-order valence-corrected chi connectivity index (χ1v) is 6.16. The van der Waals surface area contributed by atoms with E-state index in [1.165, 1.54) is 0 Å². The largest absolute Gasteiger partial charge is 0.379 e. The highest BCUT2D eigenvalue weighted by Crippen LogP contribution is 2.23. The minimum absolute atomic E-state index is 0.0365. The maximum absolute atomic E-state index is 5.90. The molecule has 17 heavy (non-hydrogen) atoms. The van der Waals surface area contributed by atoms with Crippen LogP contribution in [0.2, 0.25) is 0 Å². The molecule has 1 aromatic rings. The Balaban J connectivity index is 1.90. The van der Waals surface area contributed by atoms with Crippen molar-refractivity contribution in [2.45, 2.75) is 18.4 Å². The van der Waals surface area contributed by atoms with Crippen molar-refractivity contribution in [2.24, 2.45) is 5.73 Å². The fraction of sp³-hybridized carbons (Fsp3) is 0.615. The van der Waals surface area contributed by atoms with E-state index in [1.54, 1.807) is 0 Å². The van der Waals surface area contributed by atoms with Gasteiger partial charge in [0.15, 0.2) is 0 Å². The van der Waals surface area contributed by atoms with E-state index in [0.29, 0.717) is 6.54 Å². The highest BCUT2D eigenvalue weighted by molar-refractivity contribution is 5.04. The zero-order valence-electron chi connectivity index (χ0n) is 10.4. The van der Waals surface area contributed by atoms with Gasteiger partial charge in [0.1, 0.15) is 0 Å². The molecule has 0 bridgehead atoms. The Morgan fingerprint density at radius 2 is 2.41 bits per heavy atom. The lowest BCUT2D eigenvalue weighted by atomic mass is 9.96. The molecule has 4 nitrogen and oxygen atoms in total. The van der Waals surface area contributed by atoms with Crippen LogP contribution >= 0.6 is 0 Å². The van der Waals surface area contributed by atoms with E-state index in [2.05, 4.69) is 23.0 Å². The van der Waals surface area contributed by atoms with Gasteiger partial charge in [-0.3, -0.25) is 9.88 Å². The van der Waals surface area contributed by atoms with Crippen molar-refractivity contribution in [1.29, 1.82) is 0 Å². The molecule has 1 saturated heterocycles. The molecule has 0 radical (unpaired) electrons. The number of nitrogens with two attached hydrogens (primary N) is 1. The van der Waals surface area contributed by atoms with E-state index < -0.39 is 0 Å². The second-order valence-electron chi connectivity index (χ2n) is 4.72. The summed E-state index contributed by atoms with van der Waals surface area (Å²) in [5.41, 5.74) is 7.07. The summed E-state index contributed by atoms with van der Waals surface area (Å²) in [6.07, 6.45) is 3.83. The van der Waals surface area contributed by atoms with Crippen molar-refractivity contribution in [2.75, 3.05) is 33.4 Å². The Labute approximate surface area is 103 Å². The molecule has 1 atom stereocenters. The van der Waals surface area contributed by atoms with Gasteiger partial charge in [-0.1, -0.05) is 6.07 Å². The minimum Gasteiger partial charge on any atom is -0.379 e. The average Bonchev–Trinajstić information content (AvgIpc) is 2.87. The van der Waals surface area contributed by atoms with Gasteiger partial charge in [-0.15, -0.1) is 0 Å². The van der Waals surface area contributed by atoms with E-state index >= 15 is 0 Å². The van der Waals surface area contributed by atoms with E-state index in [4.69, 9.17) is 10.5 Å². The third kappa shape index (κ3) is 2.83. The highest BCUT2D eigenvalue weighted by Gasteiger charge is 2.37. The minimum atomic E-state index is 0.0365. The van der Waals surface area contributed by atoms with E-state index in [-0.39, 0.29) is 5.54 Å². The number of hydrogen-bond donors (Lipinski definition) is 1. The molecule has 1 unspecified atom stereocenters. The maximum Gasteiger partial charge on any atom is 0.0663 e. The van der Waals surface area contributed by atoms with E-state index in [0.717, 1.165) is 38.3 Å². The van der Waals surface area contributed by atoms with Crippen LogP contribution in [-0.2, 0) is 11.2 Å². The number of likely N-dealkylation sites (N-methyl/N-ethyl adjacent to an activating group) is 1. The Morgan fingerprint density at radius 1 is 1.53 bits per heavy atom. The molecule has 2 rings (SSSR count). The van der Waals surface area contributed by atoms with Gasteiger partial charge < -0.3 is 10.5 Å². The van der Waals surface area contributed by atoms with Crippen molar-refractivity contribution < 1.29 is 4.74 Å². The van der Waals surface area contributed by atoms with Crippen LogP contribution in [0, 0.1) is 0 Å². The Hall–Kier alpha value is -0.970. The van der Waals surface area contributed by atoms with Gasteiger partial charge in [0.25, 0.3) is 0 Å². The fourth-order valence-corrected chi connectivity index (χ4v) is 2.28. The number of ether oxygens (including phenoxy) is 1. The van der Waals surface area contributed by atoms with E-state index in [9.17, 15) is 0 Å². The summed E-state index contributed by atoms with van der Waals surface area (Å²) in [7, 11) is 2.13. The van der Waals surface area contributed by atoms with Crippen LogP contribution in [0.5, 0.6) is 0 Å². The summed E-state index contributed by atoms with van der Waals surface area (Å²) >= 11 is 0. The first-order chi connectivity index (χ1) is 8.27. The average molecular weight is 235 g/mol. The second-order valence-corrected chi connectivity index (χ2v) is 4.72. The molecule has 94 valence electrons. The molecule has 1 aliphatic heterocycles. The predicted octanol–water partition coefficient (Wildman–Crippen LogP) is 0.674. The van der Waals surface area contributed by atoms with Crippen molar-refractivity contribution in [1.82, 2.24) is 9.88 Å². The van der Waals surface area contributed by atoms with Gasteiger partial charge in [0.2, 0.25) is 0 Å². The molecular formula is C13H21N3O. The standard InChI is InChI=1S/C13H21N3O/c1-16(13(10-14)6-9-17-11-13)8-5-12-4-2-3-7-15-12/h2-4,7H,5-6,8-11,14H2,1H3. The normalized spacial score (nSPS) is 24.4. The third-order valence-electron chi connectivity index (χ3n) is 3.70. The Bertz CT molecular complexity index is 336. The number of pyridine rings is 1. The highest BCUT2D eigenvalue weighted by atomic mass is 16.5.